The molecule has 4 heterocycles. The largest absolute Gasteiger partial charge is 0.385 e. The number of rotatable bonds is 5. The van der Waals surface area contributed by atoms with Crippen molar-refractivity contribution in [2.75, 3.05) is 42.6 Å². The van der Waals surface area contributed by atoms with Crippen LogP contribution in [0.25, 0.3) is 11.1 Å². The van der Waals surface area contributed by atoms with Gasteiger partial charge in [0.15, 0.2) is 0 Å². The molecule has 3 aromatic rings. The molecule has 2 fully saturated rings. The first kappa shape index (κ1) is 26.5. The van der Waals surface area contributed by atoms with E-state index in [4.69, 9.17) is 27.9 Å². The summed E-state index contributed by atoms with van der Waals surface area (Å²) in [6.45, 7) is 7.01. The Bertz CT molecular complexity index is 1400. The van der Waals surface area contributed by atoms with Crippen molar-refractivity contribution in [1.29, 1.82) is 0 Å². The summed E-state index contributed by atoms with van der Waals surface area (Å²) in [6.07, 6.45) is 3.55. The minimum atomic E-state index is -0.907. The number of carbonyl (C=O) groups excluding carboxylic acids is 1. The SMILES string of the molecule is CC1(C)C(=O)N(c2ccc(N3CC(O)(CNC4CCOCC4)C3)cc2)c2cc(Cl)ccc2-c2cc(Cl)cnc21. The van der Waals surface area contributed by atoms with Crippen LogP contribution in [0.1, 0.15) is 32.4 Å². The van der Waals surface area contributed by atoms with Crippen LogP contribution in [-0.4, -0.2) is 60.5 Å². The molecule has 0 saturated carbocycles. The Balaban J connectivity index is 1.26. The number of benzene rings is 2. The van der Waals surface area contributed by atoms with Gasteiger partial charge in [0.2, 0.25) is 5.91 Å². The Morgan fingerprint density at radius 2 is 1.69 bits per heavy atom. The maximum atomic E-state index is 14.1. The smallest absolute Gasteiger partial charge is 0.243 e. The summed E-state index contributed by atoms with van der Waals surface area (Å²) in [6, 6.07) is 15.7. The van der Waals surface area contributed by atoms with Gasteiger partial charge in [-0.1, -0.05) is 29.3 Å². The zero-order chi connectivity index (χ0) is 27.4. The first-order valence-electron chi connectivity index (χ1n) is 13.3. The van der Waals surface area contributed by atoms with Gasteiger partial charge in [0.25, 0.3) is 0 Å². The van der Waals surface area contributed by atoms with Gasteiger partial charge < -0.3 is 20.1 Å². The van der Waals surface area contributed by atoms with Crippen LogP contribution in [0.2, 0.25) is 10.0 Å². The lowest BCUT2D eigenvalue weighted by Gasteiger charge is -2.48. The summed E-state index contributed by atoms with van der Waals surface area (Å²) in [5, 5.41) is 15.5. The predicted octanol–water partition coefficient (Wildman–Crippen LogP) is 5.33. The van der Waals surface area contributed by atoms with Gasteiger partial charge in [-0.3, -0.25) is 14.7 Å². The number of β-amino-alcohol motifs (C(OH)–C–C–N with tert-alkyl or cyclic N) is 1. The van der Waals surface area contributed by atoms with Crippen molar-refractivity contribution < 1.29 is 14.6 Å². The van der Waals surface area contributed by atoms with Gasteiger partial charge in [0.1, 0.15) is 5.60 Å². The molecule has 2 saturated heterocycles. The van der Waals surface area contributed by atoms with Crippen LogP contribution in [0, 0.1) is 0 Å². The highest BCUT2D eigenvalue weighted by atomic mass is 35.5. The number of nitrogens with one attached hydrogen (secondary N) is 1. The van der Waals surface area contributed by atoms with E-state index in [9.17, 15) is 9.90 Å². The Morgan fingerprint density at radius 1 is 1.00 bits per heavy atom. The van der Waals surface area contributed by atoms with Gasteiger partial charge in [-0.15, -0.1) is 0 Å². The number of hydrogen-bond donors (Lipinski definition) is 2. The predicted molar refractivity (Wildman–Crippen MR) is 155 cm³/mol. The summed E-state index contributed by atoms with van der Waals surface area (Å²) in [7, 11) is 0. The molecule has 0 aliphatic carbocycles. The second kappa shape index (κ2) is 10.1. The van der Waals surface area contributed by atoms with E-state index in [-0.39, 0.29) is 5.91 Å². The lowest BCUT2D eigenvalue weighted by molar-refractivity contribution is -0.122. The molecule has 0 radical (unpaired) electrons. The van der Waals surface area contributed by atoms with Crippen LogP contribution in [0.4, 0.5) is 17.1 Å². The molecule has 0 spiro atoms. The zero-order valence-corrected chi connectivity index (χ0v) is 23.6. The average Bonchev–Trinajstić information content (AvgIpc) is 2.97. The van der Waals surface area contributed by atoms with Crippen LogP contribution in [-0.2, 0) is 14.9 Å². The third-order valence-electron chi connectivity index (χ3n) is 8.06. The van der Waals surface area contributed by atoms with Gasteiger partial charge in [-0.05, 0) is 69.2 Å². The third-order valence-corrected chi connectivity index (χ3v) is 8.50. The van der Waals surface area contributed by atoms with Gasteiger partial charge in [-0.25, -0.2) is 0 Å². The lowest BCUT2D eigenvalue weighted by Crippen LogP contribution is -2.67. The number of fused-ring (bicyclic) bond motifs is 3. The summed E-state index contributed by atoms with van der Waals surface area (Å²) in [5.74, 6) is -0.107. The highest BCUT2D eigenvalue weighted by Crippen LogP contribution is 2.47. The summed E-state index contributed by atoms with van der Waals surface area (Å²) in [4.78, 5) is 22.6. The fourth-order valence-electron chi connectivity index (χ4n) is 5.81. The monoisotopic (exact) mass is 566 g/mol. The number of carbonyl (C=O) groups is 1. The van der Waals surface area contributed by atoms with Crippen LogP contribution in [0.15, 0.2) is 54.7 Å². The number of halogens is 2. The highest BCUT2D eigenvalue weighted by Gasteiger charge is 2.43. The van der Waals surface area contributed by atoms with Gasteiger partial charge >= 0.3 is 0 Å². The number of aromatic nitrogens is 1. The molecule has 6 rings (SSSR count). The molecule has 1 aromatic heterocycles. The molecule has 39 heavy (non-hydrogen) atoms. The zero-order valence-electron chi connectivity index (χ0n) is 22.1. The van der Waals surface area contributed by atoms with Crippen molar-refractivity contribution in [3.63, 3.8) is 0 Å². The second-order valence-electron chi connectivity index (χ2n) is 11.3. The van der Waals surface area contributed by atoms with Gasteiger partial charge in [-0.2, -0.15) is 0 Å². The molecule has 7 nitrogen and oxygen atoms in total. The van der Waals surface area contributed by atoms with E-state index in [1.54, 1.807) is 11.1 Å². The number of pyridine rings is 1. The molecule has 204 valence electrons. The number of anilines is 3. The van der Waals surface area contributed by atoms with E-state index in [0.717, 1.165) is 48.6 Å². The van der Waals surface area contributed by atoms with Gasteiger partial charge in [0.05, 0.1) is 21.8 Å². The van der Waals surface area contributed by atoms with Crippen molar-refractivity contribution in [3.8, 4) is 11.1 Å². The quantitative estimate of drug-likeness (QED) is 0.434. The minimum Gasteiger partial charge on any atom is -0.385 e. The maximum Gasteiger partial charge on any atom is 0.243 e. The molecule has 0 unspecified atom stereocenters. The first-order valence-corrected chi connectivity index (χ1v) is 14.1. The molecule has 0 atom stereocenters. The maximum absolute atomic E-state index is 14.1. The van der Waals surface area contributed by atoms with E-state index in [1.165, 1.54) is 0 Å². The molecular formula is C30H32Cl2N4O3. The molecule has 1 amide bonds. The fourth-order valence-corrected chi connectivity index (χ4v) is 6.14. The Morgan fingerprint density at radius 3 is 2.41 bits per heavy atom. The first-order chi connectivity index (χ1) is 18.6. The van der Waals surface area contributed by atoms with E-state index < -0.39 is 11.0 Å². The Kier molecular flexibility index (Phi) is 6.84. The summed E-state index contributed by atoms with van der Waals surface area (Å²) >= 11 is 12.8. The fraction of sp³-hybridized carbons (Fsp3) is 0.400. The van der Waals surface area contributed by atoms with E-state index >= 15 is 0 Å². The molecule has 2 aromatic carbocycles. The highest BCUT2D eigenvalue weighted by molar-refractivity contribution is 6.32. The number of ether oxygens (including phenoxy) is 1. The molecule has 3 aliphatic heterocycles. The summed E-state index contributed by atoms with van der Waals surface area (Å²) < 4.78 is 5.42. The minimum absolute atomic E-state index is 0.107. The van der Waals surface area contributed by atoms with Crippen LogP contribution < -0.4 is 15.1 Å². The Hall–Kier alpha value is -2.68. The molecule has 3 aliphatic rings. The number of aliphatic hydroxyl groups is 1. The van der Waals surface area contributed by atoms with Crippen LogP contribution in [0.3, 0.4) is 0 Å². The Labute approximate surface area is 238 Å². The van der Waals surface area contributed by atoms with Crippen molar-refractivity contribution in [1.82, 2.24) is 10.3 Å². The standard InChI is InChI=1S/C30H32Cl2N4O3/c1-29(2)27-25(13-20(32)15-33-27)24-8-3-19(31)14-26(24)36(28(29)37)23-6-4-22(5-7-23)35-17-30(38,18-35)16-34-21-9-11-39-12-10-21/h3-8,13-15,21,34,38H,9-12,16-18H2,1-2H3. The summed E-state index contributed by atoms with van der Waals surface area (Å²) in [5.41, 5.74) is 3.10. The number of amides is 1. The second-order valence-corrected chi connectivity index (χ2v) is 12.2. The van der Waals surface area contributed by atoms with Crippen molar-refractivity contribution in [2.45, 2.75) is 43.7 Å². The molecular weight excluding hydrogens is 535 g/mol. The third kappa shape index (κ3) is 4.92. The van der Waals surface area contributed by atoms with E-state index in [1.807, 2.05) is 62.4 Å². The topological polar surface area (TPSA) is 77.9 Å². The number of nitrogens with zero attached hydrogens (tertiary/aromatic N) is 3. The van der Waals surface area contributed by atoms with E-state index in [0.29, 0.717) is 47.1 Å². The average molecular weight is 568 g/mol. The van der Waals surface area contributed by atoms with Crippen molar-refractivity contribution >= 4 is 46.2 Å². The molecule has 2 N–H and O–H groups in total. The van der Waals surface area contributed by atoms with Gasteiger partial charge in [0, 0.05) is 72.6 Å². The van der Waals surface area contributed by atoms with Crippen LogP contribution in [0.5, 0.6) is 0 Å². The van der Waals surface area contributed by atoms with E-state index in [2.05, 4.69) is 15.2 Å². The molecule has 0 bridgehead atoms. The molecule has 9 heteroatoms. The lowest BCUT2D eigenvalue weighted by atomic mass is 9.84. The van der Waals surface area contributed by atoms with Crippen LogP contribution >= 0.6 is 23.2 Å². The number of hydrogen-bond acceptors (Lipinski definition) is 6. The normalized spacial score (nSPS) is 20.2. The van der Waals surface area contributed by atoms with Crippen molar-refractivity contribution in [2.24, 2.45) is 0 Å². The van der Waals surface area contributed by atoms with Crippen molar-refractivity contribution in [3.05, 3.63) is 70.5 Å².